The molecule has 0 spiro atoms. The molecule has 7 nitrogen and oxygen atoms in total. The molecule has 0 heterocycles. The number of anilines is 1. The van der Waals surface area contributed by atoms with Crippen LogP contribution in [-0.4, -0.2) is 41.0 Å². The zero-order chi connectivity index (χ0) is 27.2. The fraction of sp³-hybridized carbons (Fsp3) is 0.483. The second-order valence-corrected chi connectivity index (χ2v) is 10.4. The molecule has 2 rings (SSSR count). The Morgan fingerprint density at radius 3 is 2.08 bits per heavy atom. The van der Waals surface area contributed by atoms with Gasteiger partial charge in [0.2, 0.25) is 5.91 Å². The van der Waals surface area contributed by atoms with Crippen molar-refractivity contribution in [2.45, 2.75) is 86.4 Å². The lowest BCUT2D eigenvalue weighted by Gasteiger charge is -2.36. The molecule has 0 fully saturated rings. The van der Waals surface area contributed by atoms with E-state index in [1.54, 1.807) is 25.7 Å². The van der Waals surface area contributed by atoms with E-state index in [0.717, 1.165) is 27.9 Å². The Bertz CT molecular complexity index is 1080. The van der Waals surface area contributed by atoms with E-state index in [0.29, 0.717) is 12.0 Å². The van der Waals surface area contributed by atoms with E-state index in [4.69, 9.17) is 4.74 Å². The molecule has 0 saturated carbocycles. The van der Waals surface area contributed by atoms with Crippen LogP contribution in [0.25, 0.3) is 0 Å². The third kappa shape index (κ3) is 7.57. The highest BCUT2D eigenvalue weighted by Crippen LogP contribution is 2.29. The van der Waals surface area contributed by atoms with Crippen molar-refractivity contribution in [3.05, 3.63) is 64.2 Å². The Balaban J connectivity index is 2.48. The predicted molar refractivity (Wildman–Crippen MR) is 144 cm³/mol. The third-order valence-electron chi connectivity index (χ3n) is 6.24. The van der Waals surface area contributed by atoms with Crippen molar-refractivity contribution in [3.8, 4) is 0 Å². The molecule has 0 saturated heterocycles. The number of nitrogens with one attached hydrogen (secondary N) is 2. The fourth-order valence-electron chi connectivity index (χ4n) is 3.97. The topological polar surface area (TPSA) is 87.7 Å². The number of aryl methyl sites for hydroxylation is 4. The van der Waals surface area contributed by atoms with Crippen molar-refractivity contribution < 1.29 is 19.1 Å². The number of carbonyl (C=O) groups is 3. The highest BCUT2D eigenvalue weighted by molar-refractivity contribution is 5.99. The molecule has 0 aliphatic rings. The molecule has 0 aromatic heterocycles. The van der Waals surface area contributed by atoms with E-state index < -0.39 is 17.7 Å². The van der Waals surface area contributed by atoms with E-state index in [1.807, 2.05) is 77.9 Å². The van der Waals surface area contributed by atoms with Gasteiger partial charge < -0.3 is 20.3 Å². The lowest BCUT2D eigenvalue weighted by Crippen LogP contribution is -2.50. The van der Waals surface area contributed by atoms with Gasteiger partial charge in [-0.25, -0.2) is 4.79 Å². The second-order valence-electron chi connectivity index (χ2n) is 10.4. The first-order valence-electron chi connectivity index (χ1n) is 12.5. The summed E-state index contributed by atoms with van der Waals surface area (Å²) in [7, 11) is 0. The summed E-state index contributed by atoms with van der Waals surface area (Å²) in [6.07, 6.45) is -0.0430. The van der Waals surface area contributed by atoms with Gasteiger partial charge in [-0.05, 0) is 89.6 Å². The van der Waals surface area contributed by atoms with Gasteiger partial charge in [-0.15, -0.1) is 0 Å². The van der Waals surface area contributed by atoms with Crippen LogP contribution in [0.1, 0.15) is 74.9 Å². The summed E-state index contributed by atoms with van der Waals surface area (Å²) in [5.74, 6) is -0.670. The summed E-state index contributed by atoms with van der Waals surface area (Å²) < 4.78 is 5.28. The molecule has 2 atom stereocenters. The summed E-state index contributed by atoms with van der Waals surface area (Å²) >= 11 is 0. The van der Waals surface area contributed by atoms with Crippen molar-refractivity contribution in [1.29, 1.82) is 0 Å². The monoisotopic (exact) mass is 495 g/mol. The van der Waals surface area contributed by atoms with E-state index in [-0.39, 0.29) is 24.4 Å². The molecular weight excluding hydrogens is 454 g/mol. The van der Waals surface area contributed by atoms with Crippen LogP contribution in [0, 0.1) is 27.7 Å². The zero-order valence-electron chi connectivity index (χ0n) is 23.1. The maximum Gasteiger partial charge on any atom is 0.408 e. The highest BCUT2D eigenvalue weighted by Gasteiger charge is 2.35. The molecular formula is C29H41N3O4. The molecule has 2 aromatic rings. The summed E-state index contributed by atoms with van der Waals surface area (Å²) in [5, 5.41) is 5.62. The van der Waals surface area contributed by atoms with Gasteiger partial charge in [-0.1, -0.05) is 43.3 Å². The average Bonchev–Trinajstić information content (AvgIpc) is 2.78. The van der Waals surface area contributed by atoms with E-state index in [2.05, 4.69) is 10.6 Å². The number of para-hydroxylation sites is 1. The minimum Gasteiger partial charge on any atom is -0.444 e. The van der Waals surface area contributed by atoms with Crippen LogP contribution in [0.5, 0.6) is 0 Å². The standard InChI is InChI=1S/C29H41N3O4/c1-10-22(6)32(24(33)17-30-28(35)36-29(7,8)9)26(23-15-14-18(2)21(5)16-23)27(34)31-25-19(3)12-11-13-20(25)4/h11-16,22,26H,10,17H2,1-9H3,(H,30,35)(H,31,34). The SMILES string of the molecule is CCC(C)N(C(=O)CNC(=O)OC(C)(C)C)C(C(=O)Nc1c(C)cccc1C)c1ccc(C)c(C)c1. The minimum absolute atomic E-state index is 0.256. The summed E-state index contributed by atoms with van der Waals surface area (Å²) in [4.78, 5) is 41.2. The number of hydrogen-bond donors (Lipinski definition) is 2. The van der Waals surface area contributed by atoms with Crippen molar-refractivity contribution in [3.63, 3.8) is 0 Å². The van der Waals surface area contributed by atoms with Gasteiger partial charge in [0.25, 0.3) is 5.91 Å². The normalized spacial score (nSPS) is 12.9. The Hall–Kier alpha value is -3.35. The number of benzene rings is 2. The molecule has 196 valence electrons. The predicted octanol–water partition coefficient (Wildman–Crippen LogP) is 5.75. The highest BCUT2D eigenvalue weighted by atomic mass is 16.6. The van der Waals surface area contributed by atoms with Gasteiger partial charge in [-0.2, -0.15) is 0 Å². The van der Waals surface area contributed by atoms with E-state index in [1.165, 1.54) is 0 Å². The van der Waals surface area contributed by atoms with Crippen LogP contribution < -0.4 is 10.6 Å². The second kappa shape index (κ2) is 12.1. The summed E-state index contributed by atoms with van der Waals surface area (Å²) in [5.41, 5.74) is 4.77. The number of rotatable bonds is 8. The molecule has 36 heavy (non-hydrogen) atoms. The number of hydrogen-bond acceptors (Lipinski definition) is 4. The number of amides is 3. The zero-order valence-corrected chi connectivity index (χ0v) is 23.1. The average molecular weight is 496 g/mol. The lowest BCUT2D eigenvalue weighted by atomic mass is 9.97. The van der Waals surface area contributed by atoms with Gasteiger partial charge in [-0.3, -0.25) is 9.59 Å². The Labute approximate surface area is 215 Å². The molecule has 2 N–H and O–H groups in total. The molecule has 2 unspecified atom stereocenters. The van der Waals surface area contributed by atoms with Gasteiger partial charge >= 0.3 is 6.09 Å². The van der Waals surface area contributed by atoms with Crippen molar-refractivity contribution in [1.82, 2.24) is 10.2 Å². The van der Waals surface area contributed by atoms with E-state index in [9.17, 15) is 14.4 Å². The third-order valence-corrected chi connectivity index (χ3v) is 6.24. The molecule has 3 amide bonds. The molecule has 0 aliphatic heterocycles. The minimum atomic E-state index is -0.883. The quantitative estimate of drug-likeness (QED) is 0.488. The number of carbonyl (C=O) groups excluding carboxylic acids is 3. The maximum atomic E-state index is 13.9. The Morgan fingerprint density at radius 2 is 1.56 bits per heavy atom. The smallest absolute Gasteiger partial charge is 0.408 e. The lowest BCUT2D eigenvalue weighted by molar-refractivity contribution is -0.140. The fourth-order valence-corrected chi connectivity index (χ4v) is 3.97. The first-order chi connectivity index (χ1) is 16.7. The molecule has 0 bridgehead atoms. The first kappa shape index (κ1) is 28.9. The molecule has 2 aromatic carbocycles. The van der Waals surface area contributed by atoms with Crippen molar-refractivity contribution in [2.24, 2.45) is 0 Å². The Kier molecular flexibility index (Phi) is 9.68. The van der Waals surface area contributed by atoms with Crippen LogP contribution in [0.2, 0.25) is 0 Å². The van der Waals surface area contributed by atoms with Gasteiger partial charge in [0, 0.05) is 11.7 Å². The van der Waals surface area contributed by atoms with Crippen molar-refractivity contribution >= 4 is 23.6 Å². The largest absolute Gasteiger partial charge is 0.444 e. The van der Waals surface area contributed by atoms with Crippen LogP contribution in [0.3, 0.4) is 0 Å². The van der Waals surface area contributed by atoms with Crippen LogP contribution in [-0.2, 0) is 14.3 Å². The molecule has 0 aliphatic carbocycles. The number of alkyl carbamates (subject to hydrolysis) is 1. The van der Waals surface area contributed by atoms with Gasteiger partial charge in [0.1, 0.15) is 18.2 Å². The van der Waals surface area contributed by atoms with E-state index >= 15 is 0 Å². The van der Waals surface area contributed by atoms with Crippen LogP contribution in [0.15, 0.2) is 36.4 Å². The van der Waals surface area contributed by atoms with Crippen LogP contribution >= 0.6 is 0 Å². The maximum absolute atomic E-state index is 13.9. The van der Waals surface area contributed by atoms with Crippen molar-refractivity contribution in [2.75, 3.05) is 11.9 Å². The van der Waals surface area contributed by atoms with Gasteiger partial charge in [0.15, 0.2) is 0 Å². The first-order valence-corrected chi connectivity index (χ1v) is 12.5. The summed E-state index contributed by atoms with van der Waals surface area (Å²) in [6, 6.07) is 10.5. The van der Waals surface area contributed by atoms with Crippen LogP contribution in [0.4, 0.5) is 10.5 Å². The number of ether oxygens (including phenoxy) is 1. The Morgan fingerprint density at radius 1 is 0.944 bits per heavy atom. The van der Waals surface area contributed by atoms with Gasteiger partial charge in [0.05, 0.1) is 0 Å². The molecule has 0 radical (unpaired) electrons. The summed E-state index contributed by atoms with van der Waals surface area (Å²) in [6.45, 7) is 16.7. The number of nitrogens with zero attached hydrogens (tertiary/aromatic N) is 1. The molecule has 7 heteroatoms.